The molecule has 5 aromatic rings. The molecule has 0 fully saturated rings. The number of halogens is 3. The zero-order valence-electron chi connectivity index (χ0n) is 14.6. The van der Waals surface area contributed by atoms with E-state index in [4.69, 9.17) is 9.97 Å². The van der Waals surface area contributed by atoms with E-state index in [0.29, 0.717) is 21.9 Å². The van der Waals surface area contributed by atoms with Crippen LogP contribution >= 0.6 is 59.1 Å². The maximum Gasteiger partial charge on any atom is 0.268 e. The van der Waals surface area contributed by atoms with E-state index in [1.54, 1.807) is 10.6 Å². The van der Waals surface area contributed by atoms with E-state index < -0.39 is 0 Å². The van der Waals surface area contributed by atoms with Crippen LogP contribution in [0.2, 0.25) is 0 Å². The normalized spacial score (nSPS) is 11.4. The summed E-state index contributed by atoms with van der Waals surface area (Å²) in [6, 6.07) is 19.3. The summed E-state index contributed by atoms with van der Waals surface area (Å²) in [6.07, 6.45) is 0. The summed E-state index contributed by atoms with van der Waals surface area (Å²) in [5.74, 6) is 0.559. The molecule has 3 aromatic carbocycles. The Hall–Kier alpha value is -1.87. The fourth-order valence-electron chi connectivity index (χ4n) is 3.16. The molecule has 0 aliphatic rings. The molecule has 0 amide bonds. The van der Waals surface area contributed by atoms with Crippen LogP contribution in [0.4, 0.5) is 0 Å². The zero-order valence-corrected chi connectivity index (χ0v) is 20.1. The molecule has 0 radical (unpaired) electrons. The Morgan fingerprint density at radius 1 is 0.862 bits per heavy atom. The lowest BCUT2D eigenvalue weighted by Gasteiger charge is -2.12. The summed E-state index contributed by atoms with van der Waals surface area (Å²) in [5.41, 5.74) is 2.16. The number of benzene rings is 3. The molecule has 0 spiro atoms. The average Bonchev–Trinajstić information content (AvgIpc) is 3.11. The Labute approximate surface area is 194 Å². The second kappa shape index (κ2) is 7.43. The monoisotopic (exact) mass is 589 g/mol. The highest BCUT2D eigenvalue weighted by Gasteiger charge is 2.19. The predicted molar refractivity (Wildman–Crippen MR) is 129 cm³/mol. The van der Waals surface area contributed by atoms with E-state index in [1.165, 1.54) is 11.3 Å². The fourth-order valence-corrected chi connectivity index (χ4v) is 5.99. The van der Waals surface area contributed by atoms with Crippen molar-refractivity contribution in [3.8, 4) is 16.5 Å². The van der Waals surface area contributed by atoms with Crippen molar-refractivity contribution in [2.24, 2.45) is 0 Å². The van der Waals surface area contributed by atoms with Crippen LogP contribution in [0.5, 0.6) is 0 Å². The van der Waals surface area contributed by atoms with Crippen LogP contribution in [-0.4, -0.2) is 14.5 Å². The molecule has 0 aliphatic carbocycles. The van der Waals surface area contributed by atoms with E-state index in [2.05, 4.69) is 47.8 Å². The summed E-state index contributed by atoms with van der Waals surface area (Å²) >= 11 is 12.0. The van der Waals surface area contributed by atoms with E-state index >= 15 is 0 Å². The zero-order chi connectivity index (χ0) is 20.1. The Balaban J connectivity index is 1.91. The van der Waals surface area contributed by atoms with Crippen LogP contribution in [-0.2, 0) is 0 Å². The van der Waals surface area contributed by atoms with Gasteiger partial charge in [0.05, 0.1) is 21.1 Å². The largest absolute Gasteiger partial charge is 0.268 e. The third-order valence-electron chi connectivity index (χ3n) is 4.45. The summed E-state index contributed by atoms with van der Waals surface area (Å²) in [6.45, 7) is 0. The average molecular weight is 592 g/mol. The van der Waals surface area contributed by atoms with Gasteiger partial charge in [0.2, 0.25) is 0 Å². The third kappa shape index (κ3) is 3.38. The van der Waals surface area contributed by atoms with Gasteiger partial charge in [0, 0.05) is 19.0 Å². The summed E-state index contributed by atoms with van der Waals surface area (Å²) in [7, 11) is 0. The highest BCUT2D eigenvalue weighted by atomic mass is 79.9. The number of hydrogen-bond donors (Lipinski definition) is 0. The predicted octanol–water partition coefficient (Wildman–Crippen LogP) is 6.95. The Kier molecular flexibility index (Phi) is 4.90. The van der Waals surface area contributed by atoms with Gasteiger partial charge in [-0.3, -0.25) is 4.79 Å². The number of rotatable bonds is 2. The lowest BCUT2D eigenvalue weighted by molar-refractivity contribution is 0.964. The Bertz CT molecular complexity index is 1460. The van der Waals surface area contributed by atoms with Gasteiger partial charge in [0.25, 0.3) is 5.56 Å². The van der Waals surface area contributed by atoms with Crippen molar-refractivity contribution in [2.45, 2.75) is 0 Å². The minimum Gasteiger partial charge on any atom is -0.268 e. The number of nitrogens with zero attached hydrogens (tertiary/aromatic N) is 3. The van der Waals surface area contributed by atoms with Crippen molar-refractivity contribution in [3.05, 3.63) is 84.4 Å². The first kappa shape index (κ1) is 19.1. The molecule has 0 atom stereocenters. The van der Waals surface area contributed by atoms with Crippen LogP contribution in [0.15, 0.2) is 78.9 Å². The highest BCUT2D eigenvalue weighted by molar-refractivity contribution is 9.11. The van der Waals surface area contributed by atoms with Crippen molar-refractivity contribution in [1.29, 1.82) is 0 Å². The first-order valence-corrected chi connectivity index (χ1v) is 11.7. The second-order valence-electron chi connectivity index (χ2n) is 6.33. The standard InChI is InChI=1S/C21H10Br3N3OS/c22-12-6-7-16-17(10-12)29-21(25-16)27-19(11-4-2-1-3-5-11)26-18-14(20(27)28)8-13(23)9-15(18)24/h1-10H. The van der Waals surface area contributed by atoms with Crippen LogP contribution in [0.1, 0.15) is 0 Å². The molecule has 0 saturated heterocycles. The molecule has 0 saturated carbocycles. The molecule has 142 valence electrons. The first-order valence-electron chi connectivity index (χ1n) is 8.55. The van der Waals surface area contributed by atoms with Gasteiger partial charge >= 0.3 is 0 Å². The van der Waals surface area contributed by atoms with Gasteiger partial charge in [-0.2, -0.15) is 0 Å². The Morgan fingerprint density at radius 2 is 1.66 bits per heavy atom. The van der Waals surface area contributed by atoms with E-state index in [0.717, 1.165) is 29.2 Å². The highest BCUT2D eigenvalue weighted by Crippen LogP contribution is 2.32. The molecule has 29 heavy (non-hydrogen) atoms. The molecule has 0 unspecified atom stereocenters. The summed E-state index contributed by atoms with van der Waals surface area (Å²) in [4.78, 5) is 23.2. The number of aromatic nitrogens is 3. The first-order chi connectivity index (χ1) is 14.0. The molecule has 0 bridgehead atoms. The van der Waals surface area contributed by atoms with Crippen molar-refractivity contribution in [3.63, 3.8) is 0 Å². The maximum atomic E-state index is 13.6. The van der Waals surface area contributed by atoms with E-state index in [1.807, 2.05) is 54.6 Å². The number of fused-ring (bicyclic) bond motifs is 2. The van der Waals surface area contributed by atoms with Crippen molar-refractivity contribution in [1.82, 2.24) is 14.5 Å². The van der Waals surface area contributed by atoms with Gasteiger partial charge < -0.3 is 0 Å². The molecule has 0 aliphatic heterocycles. The van der Waals surface area contributed by atoms with E-state index in [-0.39, 0.29) is 5.56 Å². The van der Waals surface area contributed by atoms with Crippen LogP contribution in [0.25, 0.3) is 37.6 Å². The number of thiazole rings is 1. The lowest BCUT2D eigenvalue weighted by Crippen LogP contribution is -2.22. The summed E-state index contributed by atoms with van der Waals surface area (Å²) < 4.78 is 5.14. The SMILES string of the molecule is O=c1c2cc(Br)cc(Br)c2nc(-c2ccccc2)n1-c1nc2ccc(Br)cc2s1. The minimum atomic E-state index is -0.158. The van der Waals surface area contributed by atoms with Gasteiger partial charge in [0.1, 0.15) is 5.82 Å². The second-order valence-corrected chi connectivity index (χ2v) is 10.0. The molecule has 2 heterocycles. The van der Waals surface area contributed by atoms with Gasteiger partial charge in [-0.25, -0.2) is 14.5 Å². The third-order valence-corrected chi connectivity index (χ3v) is 7.01. The van der Waals surface area contributed by atoms with E-state index in [9.17, 15) is 4.79 Å². The molecule has 2 aromatic heterocycles. The Morgan fingerprint density at radius 3 is 2.45 bits per heavy atom. The molecule has 0 N–H and O–H groups in total. The van der Waals surface area contributed by atoms with Gasteiger partial charge in [-0.05, 0) is 46.3 Å². The van der Waals surface area contributed by atoms with Gasteiger partial charge in [0.15, 0.2) is 5.13 Å². The molecular weight excluding hydrogens is 582 g/mol. The van der Waals surface area contributed by atoms with Crippen LogP contribution < -0.4 is 5.56 Å². The molecule has 8 heteroatoms. The lowest BCUT2D eigenvalue weighted by atomic mass is 10.2. The van der Waals surface area contributed by atoms with Crippen LogP contribution in [0.3, 0.4) is 0 Å². The summed E-state index contributed by atoms with van der Waals surface area (Å²) in [5, 5.41) is 1.11. The maximum absolute atomic E-state index is 13.6. The molecule has 4 nitrogen and oxygen atoms in total. The quantitative estimate of drug-likeness (QED) is 0.223. The van der Waals surface area contributed by atoms with Gasteiger partial charge in [-0.1, -0.05) is 73.5 Å². The molecule has 5 rings (SSSR count). The fraction of sp³-hybridized carbons (Fsp3) is 0. The van der Waals surface area contributed by atoms with Crippen molar-refractivity contribution < 1.29 is 0 Å². The van der Waals surface area contributed by atoms with Crippen molar-refractivity contribution >= 4 is 80.2 Å². The van der Waals surface area contributed by atoms with Gasteiger partial charge in [-0.15, -0.1) is 0 Å². The topological polar surface area (TPSA) is 47.8 Å². The molecular formula is C21H10Br3N3OS. The van der Waals surface area contributed by atoms with Crippen molar-refractivity contribution in [2.75, 3.05) is 0 Å². The minimum absolute atomic E-state index is 0.158. The number of hydrogen-bond acceptors (Lipinski definition) is 4. The van der Waals surface area contributed by atoms with Crippen LogP contribution in [0, 0.1) is 0 Å². The smallest absolute Gasteiger partial charge is 0.268 e.